The Morgan fingerprint density at radius 3 is 1.25 bits per heavy atom. The van der Waals surface area contributed by atoms with Crippen molar-refractivity contribution in [1.82, 2.24) is 20.6 Å². The predicted molar refractivity (Wildman–Crippen MR) is 301 cm³/mol. The number of hydrogen-bond acceptors (Lipinski definition) is 10. The van der Waals surface area contributed by atoms with Gasteiger partial charge in [-0.1, -0.05) is 76.2 Å². The second-order valence-corrected chi connectivity index (χ2v) is 21.6. The van der Waals surface area contributed by atoms with Gasteiger partial charge in [0.25, 0.3) is 11.1 Å². The highest BCUT2D eigenvalue weighted by Crippen LogP contribution is 2.41. The van der Waals surface area contributed by atoms with Crippen LogP contribution in [0.3, 0.4) is 0 Å². The third-order valence-corrected chi connectivity index (χ3v) is 14.0. The highest BCUT2D eigenvalue weighted by molar-refractivity contribution is 6.02. The molecule has 0 bridgehead atoms. The molecule has 8 rings (SSSR count). The van der Waals surface area contributed by atoms with Crippen LogP contribution in [0.4, 0.5) is 20.2 Å². The molecule has 80 heavy (non-hydrogen) atoms. The molecule has 0 spiro atoms. The van der Waals surface area contributed by atoms with E-state index in [1.165, 1.54) is 38.1 Å². The quantitative estimate of drug-likeness (QED) is 0.0601. The minimum absolute atomic E-state index is 0.0333. The Balaban J connectivity index is 0.846. The summed E-state index contributed by atoms with van der Waals surface area (Å²) in [4.78, 5) is 90.4. The van der Waals surface area contributed by atoms with Crippen LogP contribution in [0.15, 0.2) is 119 Å². The number of nitrogens with two attached hydrogens (primary N) is 2. The topological polar surface area (TPSA) is 235 Å². The van der Waals surface area contributed by atoms with Gasteiger partial charge < -0.3 is 51.3 Å². The number of hydrogen-bond donors (Lipinski definition) is 6. The van der Waals surface area contributed by atoms with Crippen molar-refractivity contribution in [1.29, 1.82) is 0 Å². The maximum absolute atomic E-state index is 14.4. The maximum Gasteiger partial charge on any atom is 0.251 e. The van der Waals surface area contributed by atoms with E-state index >= 15 is 0 Å². The minimum atomic E-state index is -1.000. The molecule has 0 unspecified atom stereocenters. The number of rotatable bonds is 18. The van der Waals surface area contributed by atoms with Crippen LogP contribution in [-0.2, 0) is 55.7 Å². The van der Waals surface area contributed by atoms with Gasteiger partial charge in [-0.3, -0.25) is 28.8 Å². The van der Waals surface area contributed by atoms with E-state index in [9.17, 15) is 37.5 Å². The van der Waals surface area contributed by atoms with Crippen molar-refractivity contribution in [2.45, 2.75) is 102 Å². The Bertz CT molecular complexity index is 3300. The summed E-state index contributed by atoms with van der Waals surface area (Å²) in [6, 6.07) is 25.5. The number of carbonyl (C=O) groups excluding carboxylic acids is 4. The van der Waals surface area contributed by atoms with Gasteiger partial charge in [0.1, 0.15) is 48.4 Å². The number of aromatic nitrogens is 2. The number of aromatic amines is 2. The molecule has 0 radical (unpaired) electrons. The van der Waals surface area contributed by atoms with Crippen LogP contribution in [0, 0.1) is 35.3 Å². The molecule has 414 valence electrons. The van der Waals surface area contributed by atoms with E-state index in [0.717, 1.165) is 22.3 Å². The molecule has 18 heteroatoms. The molecule has 2 aromatic heterocycles. The van der Waals surface area contributed by atoms with Gasteiger partial charge in [0.15, 0.2) is 0 Å². The molecule has 4 amide bonds. The summed E-state index contributed by atoms with van der Waals surface area (Å²) in [7, 11) is 0. The Kier molecular flexibility index (Phi) is 17.5. The van der Waals surface area contributed by atoms with Crippen molar-refractivity contribution in [3.8, 4) is 35.2 Å². The van der Waals surface area contributed by atoms with Crippen LogP contribution in [0.2, 0.25) is 0 Å². The lowest BCUT2D eigenvalue weighted by Crippen LogP contribution is -2.53. The van der Waals surface area contributed by atoms with Crippen LogP contribution >= 0.6 is 0 Å². The fraction of sp³-hybridized carbons (Fsp3) is 0.323. The standard InChI is InChI=1S/C62H64F2N8O8/c1-37(65)55(73)67-49(59(77)71-35-61(3,4)53-51(71)33-43(57(75)69-53)29-39-11-19-45(63)20-12-39)31-41-15-23-47(24-16-41)79-27-9-7-8-10-28-80-48-25-17-42(18-26-48)32-50(68-56(74)38(2)66)60(78)72-36-62(5,6)54-52(72)34-44(58(76)70-54)30-40-13-21-46(64)22-14-40/h11-26,33-34,37-38,49-50H,27-32,35-36,65-66H2,1-6H3,(H,67,73)(H,68,74)(H,69,75)(H,70,76)/t37-,38-,49+,50+/m1/s1. The third kappa shape index (κ3) is 13.9. The van der Waals surface area contributed by atoms with E-state index in [1.54, 1.807) is 94.7 Å². The molecule has 4 aromatic carbocycles. The van der Waals surface area contributed by atoms with Crippen LogP contribution in [0.25, 0.3) is 0 Å². The number of fused-ring (bicyclic) bond motifs is 2. The molecule has 6 aromatic rings. The zero-order chi connectivity index (χ0) is 57.5. The summed E-state index contributed by atoms with van der Waals surface area (Å²) in [5, 5.41) is 5.65. The molecule has 0 saturated carbocycles. The molecule has 16 nitrogen and oxygen atoms in total. The van der Waals surface area contributed by atoms with Crippen LogP contribution < -0.4 is 52.5 Å². The average molecular weight is 1090 g/mol. The van der Waals surface area contributed by atoms with Gasteiger partial charge in [-0.05, 0) is 120 Å². The lowest BCUT2D eigenvalue weighted by molar-refractivity contribution is -0.128. The summed E-state index contributed by atoms with van der Waals surface area (Å²) < 4.78 is 38.8. The molecule has 4 heterocycles. The molecule has 2 aliphatic rings. The fourth-order valence-electron chi connectivity index (χ4n) is 9.70. The Morgan fingerprint density at radius 1 is 0.575 bits per heavy atom. The third-order valence-electron chi connectivity index (χ3n) is 14.0. The number of amides is 4. The highest BCUT2D eigenvalue weighted by Gasteiger charge is 2.43. The number of pyridine rings is 2. The SMILES string of the molecule is C[C@@H](N)C(=O)N[C@@H](Cc1ccc(OCC#CC#CCOc2ccc(C[C@H](NC(=O)[C@@H](C)N)C(=O)N3CC(C)(C)c4[nH]c(=O)c(Cc5ccc(F)cc5)cc43)cc2)cc1)C(=O)N1CC(C)(C)c2[nH]c(=O)c(Cc3ccc(F)cc3)cc21. The normalized spacial score (nSPS) is 15.1. The summed E-state index contributed by atoms with van der Waals surface area (Å²) in [6.45, 7) is 11.3. The second kappa shape index (κ2) is 24.4. The number of carbonyl (C=O) groups is 4. The first-order chi connectivity index (χ1) is 38.0. The number of nitrogens with zero attached hydrogens (tertiary/aromatic N) is 2. The monoisotopic (exact) mass is 1090 g/mol. The average Bonchev–Trinajstić information content (AvgIpc) is 3.83. The van der Waals surface area contributed by atoms with Gasteiger partial charge in [0, 0.05) is 72.1 Å². The Morgan fingerprint density at radius 2 is 0.912 bits per heavy atom. The lowest BCUT2D eigenvalue weighted by Gasteiger charge is -2.27. The van der Waals surface area contributed by atoms with Gasteiger partial charge in [0.2, 0.25) is 23.6 Å². The van der Waals surface area contributed by atoms with E-state index in [-0.39, 0.29) is 86.6 Å². The van der Waals surface area contributed by atoms with Crippen molar-refractivity contribution in [2.75, 3.05) is 36.1 Å². The predicted octanol–water partition coefficient (Wildman–Crippen LogP) is 5.39. The van der Waals surface area contributed by atoms with E-state index in [4.69, 9.17) is 20.9 Å². The summed E-state index contributed by atoms with van der Waals surface area (Å²) >= 11 is 0. The van der Waals surface area contributed by atoms with E-state index in [1.807, 2.05) is 27.7 Å². The largest absolute Gasteiger partial charge is 0.481 e. The first kappa shape index (κ1) is 57.3. The van der Waals surface area contributed by atoms with Gasteiger partial charge >= 0.3 is 0 Å². The van der Waals surface area contributed by atoms with E-state index in [2.05, 4.69) is 44.3 Å². The highest BCUT2D eigenvalue weighted by atomic mass is 19.1. The number of nitrogens with one attached hydrogen (secondary N) is 4. The summed E-state index contributed by atoms with van der Waals surface area (Å²) in [6.07, 6.45) is 0.718. The first-order valence-corrected chi connectivity index (χ1v) is 26.2. The second-order valence-electron chi connectivity index (χ2n) is 21.6. The molecule has 8 N–H and O–H groups in total. The van der Waals surface area contributed by atoms with Crippen molar-refractivity contribution in [3.05, 3.63) is 186 Å². The maximum atomic E-state index is 14.4. The van der Waals surface area contributed by atoms with Gasteiger partial charge in [-0.15, -0.1) is 0 Å². The van der Waals surface area contributed by atoms with Gasteiger partial charge in [0.05, 0.1) is 23.5 Å². The zero-order valence-corrected chi connectivity index (χ0v) is 45.4. The molecular formula is C62H64F2N8O8. The van der Waals surface area contributed by atoms with Gasteiger partial charge in [-0.2, -0.15) is 0 Å². The number of halogens is 2. The number of benzene rings is 4. The zero-order valence-electron chi connectivity index (χ0n) is 45.4. The summed E-state index contributed by atoms with van der Waals surface area (Å²) in [5.74, 6) is 9.70. The van der Waals surface area contributed by atoms with Crippen molar-refractivity contribution < 1.29 is 37.4 Å². The van der Waals surface area contributed by atoms with Crippen LogP contribution in [0.5, 0.6) is 11.5 Å². The molecule has 2 aliphatic heterocycles. The number of H-pyrrole nitrogens is 2. The van der Waals surface area contributed by atoms with Crippen molar-refractivity contribution in [2.24, 2.45) is 11.5 Å². The van der Waals surface area contributed by atoms with E-state index < -0.39 is 46.8 Å². The minimum Gasteiger partial charge on any atom is -0.481 e. The van der Waals surface area contributed by atoms with E-state index in [0.29, 0.717) is 45.4 Å². The Labute approximate surface area is 462 Å². The molecule has 0 fully saturated rings. The van der Waals surface area contributed by atoms with Crippen LogP contribution in [0.1, 0.15) is 86.3 Å². The summed E-state index contributed by atoms with van der Waals surface area (Å²) in [5.41, 5.74) is 16.0. The fourth-order valence-corrected chi connectivity index (χ4v) is 9.70. The number of anilines is 2. The van der Waals surface area contributed by atoms with Gasteiger partial charge in [-0.25, -0.2) is 8.78 Å². The molecule has 4 atom stereocenters. The number of ether oxygens (including phenoxy) is 2. The Hall–Kier alpha value is -8.84. The molecule has 0 saturated heterocycles. The van der Waals surface area contributed by atoms with Crippen molar-refractivity contribution in [3.63, 3.8) is 0 Å². The van der Waals surface area contributed by atoms with Crippen LogP contribution in [-0.4, -0.2) is 84.1 Å². The smallest absolute Gasteiger partial charge is 0.251 e. The van der Waals surface area contributed by atoms with Crippen molar-refractivity contribution >= 4 is 35.0 Å². The lowest BCUT2D eigenvalue weighted by atomic mass is 9.91. The molecular weight excluding hydrogens is 1020 g/mol. The first-order valence-electron chi connectivity index (χ1n) is 26.2. The molecule has 0 aliphatic carbocycles.